The van der Waals surface area contributed by atoms with Crippen molar-refractivity contribution < 1.29 is 25.2 Å². The molecule has 0 aliphatic rings. The summed E-state index contributed by atoms with van der Waals surface area (Å²) in [4.78, 5) is 0. The van der Waals surface area contributed by atoms with Crippen molar-refractivity contribution in [3.05, 3.63) is 0 Å². The molecular weight excluding hydrogens is 200 g/mol. The first-order valence-electron chi connectivity index (χ1n) is 5.25. The van der Waals surface area contributed by atoms with Crippen molar-refractivity contribution in [2.24, 2.45) is 5.92 Å². The minimum absolute atomic E-state index is 0.0278. The van der Waals surface area contributed by atoms with E-state index in [0.29, 0.717) is 13.2 Å². The van der Waals surface area contributed by atoms with Gasteiger partial charge < -0.3 is 25.2 Å². The van der Waals surface area contributed by atoms with E-state index in [9.17, 15) is 0 Å². The minimum Gasteiger partial charge on any atom is -0.394 e. The van der Waals surface area contributed by atoms with Gasteiger partial charge in [-0.15, -0.1) is 0 Å². The van der Waals surface area contributed by atoms with Gasteiger partial charge in [0.05, 0.1) is 26.4 Å². The zero-order valence-electron chi connectivity index (χ0n) is 9.59. The number of ether oxygens (including phenoxy) is 1. The summed E-state index contributed by atoms with van der Waals surface area (Å²) in [6.07, 6.45) is 0.770. The predicted molar refractivity (Wildman–Crippen MR) is 57.3 cm³/mol. The molecule has 0 spiro atoms. The lowest BCUT2D eigenvalue weighted by molar-refractivity contribution is -0.0804. The summed E-state index contributed by atoms with van der Waals surface area (Å²) < 4.78 is 4.63. The Morgan fingerprint density at radius 1 is 1.07 bits per heavy atom. The fraction of sp³-hybridized carbons (Fsp3) is 1.00. The molecule has 0 aliphatic carbocycles. The maximum absolute atomic E-state index is 8.51. The summed E-state index contributed by atoms with van der Waals surface area (Å²) in [7, 11) is 0. The maximum Gasteiger partial charge on any atom is 0.154 e. The van der Waals surface area contributed by atoms with Crippen molar-refractivity contribution >= 4 is 0 Å². The summed E-state index contributed by atoms with van der Waals surface area (Å²) in [6.45, 7) is 4.55. The Kier molecular flexibility index (Phi) is 15.8. The summed E-state index contributed by atoms with van der Waals surface area (Å²) in [5, 5.41) is 33.2. The van der Waals surface area contributed by atoms with E-state index in [1.165, 1.54) is 0 Å². The highest BCUT2D eigenvalue weighted by atomic mass is 16.5. The summed E-state index contributed by atoms with van der Waals surface area (Å²) in [5.74, 6) is 0.0278. The van der Waals surface area contributed by atoms with Crippen LogP contribution in [0.1, 0.15) is 26.7 Å². The zero-order chi connectivity index (χ0) is 12.1. The first-order valence-corrected chi connectivity index (χ1v) is 5.25. The largest absolute Gasteiger partial charge is 0.394 e. The van der Waals surface area contributed by atoms with Gasteiger partial charge >= 0.3 is 0 Å². The van der Waals surface area contributed by atoms with Crippen LogP contribution in [-0.2, 0) is 4.74 Å². The predicted octanol–water partition coefficient (Wildman–Crippen LogP) is -0.279. The van der Waals surface area contributed by atoms with Crippen LogP contribution in [0.4, 0.5) is 0 Å². The zero-order valence-corrected chi connectivity index (χ0v) is 9.59. The molecule has 0 heterocycles. The lowest BCUT2D eigenvalue weighted by atomic mass is 10.1. The summed E-state index contributed by atoms with van der Waals surface area (Å²) >= 11 is 0. The second-order valence-electron chi connectivity index (χ2n) is 3.24. The van der Waals surface area contributed by atoms with Crippen molar-refractivity contribution in [3.8, 4) is 0 Å². The molecule has 4 N–H and O–H groups in total. The molecule has 0 amide bonds. The Balaban J connectivity index is 0. The Morgan fingerprint density at radius 3 is 1.73 bits per heavy atom. The lowest BCUT2D eigenvalue weighted by Gasteiger charge is -2.10. The molecule has 0 radical (unpaired) electrons. The van der Waals surface area contributed by atoms with E-state index in [0.717, 1.165) is 12.8 Å². The van der Waals surface area contributed by atoms with Gasteiger partial charge in [0.1, 0.15) is 0 Å². The van der Waals surface area contributed by atoms with E-state index in [1.54, 1.807) is 0 Å². The molecule has 0 rings (SSSR count). The van der Waals surface area contributed by atoms with Gasteiger partial charge in [-0.1, -0.05) is 20.3 Å². The number of aliphatic hydroxyl groups excluding tert-OH is 3. The molecule has 0 fully saturated rings. The topological polar surface area (TPSA) is 90.2 Å². The van der Waals surface area contributed by atoms with Crippen LogP contribution in [-0.4, -0.2) is 53.1 Å². The Bertz CT molecular complexity index is 104. The standard InChI is InChI=1S/C6H14O2.C4H10O3/c1-3-4-5(2)6(7)8;5-1-3-7-4-2-6/h5-8H,3-4H2,1-2H3;5-6H,1-4H2. The van der Waals surface area contributed by atoms with E-state index < -0.39 is 6.29 Å². The fourth-order valence-electron chi connectivity index (χ4n) is 0.836. The highest BCUT2D eigenvalue weighted by Crippen LogP contribution is 2.06. The van der Waals surface area contributed by atoms with Crippen LogP contribution in [0.15, 0.2) is 0 Å². The van der Waals surface area contributed by atoms with E-state index in [2.05, 4.69) is 4.74 Å². The quantitative estimate of drug-likeness (QED) is 0.353. The SMILES string of the molecule is CCCC(C)C(O)O.OCCOCCO. The molecule has 15 heavy (non-hydrogen) atoms. The fourth-order valence-corrected chi connectivity index (χ4v) is 0.836. The van der Waals surface area contributed by atoms with Gasteiger partial charge in [0.15, 0.2) is 6.29 Å². The third-order valence-corrected chi connectivity index (χ3v) is 1.72. The minimum atomic E-state index is -1.13. The third-order valence-electron chi connectivity index (χ3n) is 1.72. The van der Waals surface area contributed by atoms with E-state index in [-0.39, 0.29) is 19.1 Å². The number of rotatable bonds is 7. The molecule has 0 saturated heterocycles. The number of hydrogen-bond donors (Lipinski definition) is 4. The van der Waals surface area contributed by atoms with E-state index in [4.69, 9.17) is 20.4 Å². The van der Waals surface area contributed by atoms with E-state index >= 15 is 0 Å². The monoisotopic (exact) mass is 224 g/mol. The highest BCUT2D eigenvalue weighted by Gasteiger charge is 2.07. The van der Waals surface area contributed by atoms with Crippen molar-refractivity contribution in [2.45, 2.75) is 33.0 Å². The second-order valence-corrected chi connectivity index (χ2v) is 3.24. The van der Waals surface area contributed by atoms with Gasteiger partial charge in [-0.05, 0) is 6.42 Å². The van der Waals surface area contributed by atoms with Crippen molar-refractivity contribution in [3.63, 3.8) is 0 Å². The molecule has 0 bridgehead atoms. The molecule has 1 unspecified atom stereocenters. The summed E-state index contributed by atoms with van der Waals surface area (Å²) in [6, 6.07) is 0. The second kappa shape index (κ2) is 13.8. The van der Waals surface area contributed by atoms with Crippen LogP contribution in [0, 0.1) is 5.92 Å². The van der Waals surface area contributed by atoms with Crippen LogP contribution in [0.2, 0.25) is 0 Å². The van der Waals surface area contributed by atoms with Crippen LogP contribution in [0.3, 0.4) is 0 Å². The maximum atomic E-state index is 8.51. The lowest BCUT2D eigenvalue weighted by Crippen LogP contribution is -2.15. The van der Waals surface area contributed by atoms with Gasteiger partial charge in [0.25, 0.3) is 0 Å². The molecule has 1 atom stereocenters. The van der Waals surface area contributed by atoms with Crippen molar-refractivity contribution in [1.82, 2.24) is 0 Å². The molecular formula is C10H24O5. The Hall–Kier alpha value is -0.200. The molecule has 5 heteroatoms. The van der Waals surface area contributed by atoms with Gasteiger partial charge in [0.2, 0.25) is 0 Å². The first-order chi connectivity index (χ1) is 7.09. The molecule has 5 nitrogen and oxygen atoms in total. The molecule has 0 saturated carbocycles. The third kappa shape index (κ3) is 16.5. The summed E-state index contributed by atoms with van der Waals surface area (Å²) in [5.41, 5.74) is 0. The van der Waals surface area contributed by atoms with Gasteiger partial charge in [-0.2, -0.15) is 0 Å². The van der Waals surface area contributed by atoms with Crippen LogP contribution in [0.25, 0.3) is 0 Å². The molecule has 0 aliphatic heterocycles. The average molecular weight is 224 g/mol. The smallest absolute Gasteiger partial charge is 0.154 e. The highest BCUT2D eigenvalue weighted by molar-refractivity contribution is 4.50. The van der Waals surface area contributed by atoms with Crippen molar-refractivity contribution in [2.75, 3.05) is 26.4 Å². The van der Waals surface area contributed by atoms with Gasteiger partial charge in [-0.3, -0.25) is 0 Å². The van der Waals surface area contributed by atoms with Crippen LogP contribution >= 0.6 is 0 Å². The van der Waals surface area contributed by atoms with Gasteiger partial charge in [-0.25, -0.2) is 0 Å². The molecule has 0 aromatic rings. The molecule has 0 aromatic heterocycles. The normalized spacial score (nSPS) is 12.2. The molecule has 94 valence electrons. The molecule has 0 aromatic carbocycles. The average Bonchev–Trinajstić information content (AvgIpc) is 2.20. The first kappa shape index (κ1) is 17.2. The van der Waals surface area contributed by atoms with E-state index in [1.807, 2.05) is 13.8 Å². The number of hydrogen-bond acceptors (Lipinski definition) is 5. The van der Waals surface area contributed by atoms with Crippen molar-refractivity contribution in [1.29, 1.82) is 0 Å². The van der Waals surface area contributed by atoms with Crippen LogP contribution in [0.5, 0.6) is 0 Å². The Morgan fingerprint density at radius 2 is 1.53 bits per heavy atom. The van der Waals surface area contributed by atoms with Crippen LogP contribution < -0.4 is 0 Å². The van der Waals surface area contributed by atoms with Gasteiger partial charge in [0, 0.05) is 5.92 Å². The number of aliphatic hydroxyl groups is 4. The Labute approximate surface area is 91.3 Å².